The maximum Gasteiger partial charge on any atom is 0.0379 e. The number of rotatable bonds is 3. The molecule has 0 amide bonds. The van der Waals surface area contributed by atoms with E-state index < -0.39 is 0 Å². The van der Waals surface area contributed by atoms with Crippen LogP contribution in [-0.2, 0) is 0 Å². The minimum atomic E-state index is 0.469. The Kier molecular flexibility index (Phi) is 4.29. The molecule has 0 fully saturated rings. The van der Waals surface area contributed by atoms with Gasteiger partial charge in [0.1, 0.15) is 0 Å². The minimum absolute atomic E-state index is 0.469. The monoisotopic (exact) mass is 135 g/mol. The number of nitrogens with one attached hydrogen (secondary N) is 1. The average Bonchev–Trinajstić information content (AvgIpc) is 1.69. The van der Waals surface area contributed by atoms with Crippen LogP contribution in [0.4, 0.5) is 0 Å². The first-order chi connectivity index (χ1) is 3.72. The van der Waals surface area contributed by atoms with Crippen molar-refractivity contribution < 1.29 is 0 Å². The van der Waals surface area contributed by atoms with E-state index >= 15 is 0 Å². The van der Waals surface area contributed by atoms with Gasteiger partial charge in [0, 0.05) is 11.9 Å². The highest BCUT2D eigenvalue weighted by Crippen LogP contribution is 2.01. The van der Waals surface area contributed by atoms with Gasteiger partial charge in [0.2, 0.25) is 0 Å². The Bertz CT molecular complexity index is 50.5. The minimum Gasteiger partial charge on any atom is -0.316 e. The van der Waals surface area contributed by atoms with Crippen molar-refractivity contribution in [3.63, 3.8) is 0 Å². The van der Waals surface area contributed by atoms with Gasteiger partial charge in [-0.1, -0.05) is 13.8 Å². The summed E-state index contributed by atoms with van der Waals surface area (Å²) in [7, 11) is 1.94. The van der Waals surface area contributed by atoms with Crippen LogP contribution in [0.3, 0.4) is 0 Å². The van der Waals surface area contributed by atoms with Crippen molar-refractivity contribution in [1.29, 1.82) is 0 Å². The van der Waals surface area contributed by atoms with Crippen molar-refractivity contribution in [3.05, 3.63) is 0 Å². The quantitative estimate of drug-likeness (QED) is 0.578. The molecule has 1 unspecified atom stereocenters. The molecule has 0 spiro atoms. The van der Waals surface area contributed by atoms with Gasteiger partial charge in [0.05, 0.1) is 0 Å². The van der Waals surface area contributed by atoms with Gasteiger partial charge in [-0.2, -0.15) is 0 Å². The Labute approximate surface area is 56.4 Å². The average molecular weight is 136 g/mol. The van der Waals surface area contributed by atoms with Crippen LogP contribution < -0.4 is 5.32 Å². The second kappa shape index (κ2) is 4.16. The third-order valence-electron chi connectivity index (χ3n) is 1.34. The van der Waals surface area contributed by atoms with E-state index in [1.807, 2.05) is 7.05 Å². The summed E-state index contributed by atoms with van der Waals surface area (Å²) in [5.74, 6) is 1.34. The SMILES string of the molecule is CNC(CCl)C(C)C. The summed E-state index contributed by atoms with van der Waals surface area (Å²) in [6.07, 6.45) is 0. The van der Waals surface area contributed by atoms with Gasteiger partial charge in [-0.3, -0.25) is 0 Å². The maximum atomic E-state index is 5.60. The Hall–Kier alpha value is 0.250. The van der Waals surface area contributed by atoms with E-state index in [0.29, 0.717) is 17.8 Å². The first-order valence-electron chi connectivity index (χ1n) is 2.95. The molecule has 0 aromatic carbocycles. The van der Waals surface area contributed by atoms with E-state index in [0.717, 1.165) is 0 Å². The number of hydrogen-bond donors (Lipinski definition) is 1. The molecule has 0 heterocycles. The lowest BCUT2D eigenvalue weighted by Crippen LogP contribution is -2.31. The molecule has 0 saturated carbocycles. The number of halogens is 1. The van der Waals surface area contributed by atoms with Gasteiger partial charge in [-0.15, -0.1) is 11.6 Å². The molecule has 0 radical (unpaired) electrons. The normalized spacial score (nSPS) is 14.6. The molecule has 0 aliphatic carbocycles. The first kappa shape index (κ1) is 8.25. The molecule has 50 valence electrons. The van der Waals surface area contributed by atoms with Gasteiger partial charge >= 0.3 is 0 Å². The van der Waals surface area contributed by atoms with Gasteiger partial charge in [-0.25, -0.2) is 0 Å². The van der Waals surface area contributed by atoms with Crippen LogP contribution >= 0.6 is 11.6 Å². The molecule has 0 aromatic rings. The van der Waals surface area contributed by atoms with Crippen molar-refractivity contribution in [2.24, 2.45) is 5.92 Å². The van der Waals surface area contributed by atoms with E-state index in [4.69, 9.17) is 11.6 Å². The fourth-order valence-electron chi connectivity index (χ4n) is 0.589. The van der Waals surface area contributed by atoms with Crippen LogP contribution in [0.1, 0.15) is 13.8 Å². The van der Waals surface area contributed by atoms with Gasteiger partial charge in [-0.05, 0) is 13.0 Å². The van der Waals surface area contributed by atoms with E-state index in [1.165, 1.54) is 0 Å². The topological polar surface area (TPSA) is 12.0 Å². The second-order valence-corrected chi connectivity index (χ2v) is 2.60. The fourth-order valence-corrected chi connectivity index (χ4v) is 1.10. The first-order valence-corrected chi connectivity index (χ1v) is 3.49. The lowest BCUT2D eigenvalue weighted by molar-refractivity contribution is 0.463. The Morgan fingerprint density at radius 1 is 1.50 bits per heavy atom. The van der Waals surface area contributed by atoms with E-state index in [-0.39, 0.29) is 0 Å². The second-order valence-electron chi connectivity index (χ2n) is 2.29. The molecule has 0 aliphatic heterocycles. The summed E-state index contributed by atoms with van der Waals surface area (Å²) in [4.78, 5) is 0. The lowest BCUT2D eigenvalue weighted by Gasteiger charge is -2.15. The molecule has 2 heteroatoms. The third-order valence-corrected chi connectivity index (χ3v) is 1.67. The number of alkyl halides is 1. The molecule has 0 rings (SSSR count). The summed E-state index contributed by atoms with van der Waals surface area (Å²) in [5, 5.41) is 3.12. The fraction of sp³-hybridized carbons (Fsp3) is 1.00. The third kappa shape index (κ3) is 2.53. The van der Waals surface area contributed by atoms with Crippen LogP contribution in [0.5, 0.6) is 0 Å². The largest absolute Gasteiger partial charge is 0.316 e. The summed E-state index contributed by atoms with van der Waals surface area (Å²) >= 11 is 5.60. The summed E-state index contributed by atoms with van der Waals surface area (Å²) in [5.41, 5.74) is 0. The zero-order valence-corrected chi connectivity index (χ0v) is 6.50. The van der Waals surface area contributed by atoms with E-state index in [9.17, 15) is 0 Å². The van der Waals surface area contributed by atoms with E-state index in [2.05, 4.69) is 19.2 Å². The van der Waals surface area contributed by atoms with Crippen molar-refractivity contribution in [3.8, 4) is 0 Å². The molecule has 0 aromatic heterocycles. The lowest BCUT2D eigenvalue weighted by atomic mass is 10.1. The summed E-state index contributed by atoms with van der Waals surface area (Å²) < 4.78 is 0. The molecule has 1 nitrogen and oxygen atoms in total. The van der Waals surface area contributed by atoms with Crippen LogP contribution in [0.2, 0.25) is 0 Å². The molecule has 0 bridgehead atoms. The predicted molar refractivity (Wildman–Crippen MR) is 38.4 cm³/mol. The van der Waals surface area contributed by atoms with Crippen LogP contribution in [-0.4, -0.2) is 19.0 Å². The molecular formula is C6H14ClN. The zero-order chi connectivity index (χ0) is 6.57. The molecule has 1 atom stereocenters. The predicted octanol–water partition coefficient (Wildman–Crippen LogP) is 1.47. The molecule has 8 heavy (non-hydrogen) atoms. The van der Waals surface area contributed by atoms with Crippen LogP contribution in [0.25, 0.3) is 0 Å². The highest BCUT2D eigenvalue weighted by atomic mass is 35.5. The molecule has 0 saturated heterocycles. The van der Waals surface area contributed by atoms with Gasteiger partial charge in [0.15, 0.2) is 0 Å². The molecular weight excluding hydrogens is 122 g/mol. The Morgan fingerprint density at radius 3 is 2.00 bits per heavy atom. The zero-order valence-electron chi connectivity index (χ0n) is 5.74. The van der Waals surface area contributed by atoms with Crippen LogP contribution in [0.15, 0.2) is 0 Å². The Morgan fingerprint density at radius 2 is 2.00 bits per heavy atom. The van der Waals surface area contributed by atoms with Gasteiger partial charge < -0.3 is 5.32 Å². The summed E-state index contributed by atoms with van der Waals surface area (Å²) in [6, 6.07) is 0.469. The summed E-state index contributed by atoms with van der Waals surface area (Å²) in [6.45, 7) is 4.31. The van der Waals surface area contributed by atoms with Crippen molar-refractivity contribution in [2.45, 2.75) is 19.9 Å². The van der Waals surface area contributed by atoms with Crippen molar-refractivity contribution in [1.82, 2.24) is 5.32 Å². The molecule has 1 N–H and O–H groups in total. The highest BCUT2D eigenvalue weighted by Gasteiger charge is 2.06. The van der Waals surface area contributed by atoms with Crippen LogP contribution in [0, 0.1) is 5.92 Å². The maximum absolute atomic E-state index is 5.60. The van der Waals surface area contributed by atoms with Gasteiger partial charge in [0.25, 0.3) is 0 Å². The highest BCUT2D eigenvalue weighted by molar-refractivity contribution is 6.18. The van der Waals surface area contributed by atoms with Crippen molar-refractivity contribution in [2.75, 3.05) is 12.9 Å². The van der Waals surface area contributed by atoms with E-state index in [1.54, 1.807) is 0 Å². The Balaban J connectivity index is 3.35. The standard InChI is InChI=1S/C6H14ClN/c1-5(2)6(4-7)8-3/h5-6,8H,4H2,1-3H3. The molecule has 0 aliphatic rings. The van der Waals surface area contributed by atoms with Crippen molar-refractivity contribution >= 4 is 11.6 Å². The smallest absolute Gasteiger partial charge is 0.0379 e. The number of hydrogen-bond acceptors (Lipinski definition) is 1.